The van der Waals surface area contributed by atoms with Gasteiger partial charge < -0.3 is 5.32 Å². The average Bonchev–Trinajstić information content (AvgIpc) is 2.91. The molecule has 2 N–H and O–H groups in total. The fourth-order valence-corrected chi connectivity index (χ4v) is 3.18. The first-order valence-corrected chi connectivity index (χ1v) is 7.55. The molecular formula is C15H18BrN3. The highest BCUT2D eigenvalue weighted by molar-refractivity contribution is 9.10. The zero-order valence-electron chi connectivity index (χ0n) is 11.0. The van der Waals surface area contributed by atoms with Gasteiger partial charge in [-0.2, -0.15) is 5.10 Å². The van der Waals surface area contributed by atoms with Crippen LogP contribution in [0.15, 0.2) is 28.9 Å². The normalized spacial score (nSPS) is 16.7. The lowest BCUT2D eigenvalue weighted by Crippen LogP contribution is -2.27. The molecule has 19 heavy (non-hydrogen) atoms. The van der Waals surface area contributed by atoms with E-state index in [-0.39, 0.29) is 0 Å². The van der Waals surface area contributed by atoms with Gasteiger partial charge in [-0.25, -0.2) is 0 Å². The summed E-state index contributed by atoms with van der Waals surface area (Å²) in [4.78, 5) is 0. The number of piperidine rings is 1. The van der Waals surface area contributed by atoms with Crippen LogP contribution in [0, 0.1) is 6.92 Å². The smallest absolute Gasteiger partial charge is 0.0568 e. The molecule has 0 aliphatic carbocycles. The lowest BCUT2D eigenvalue weighted by Gasteiger charge is -2.22. The van der Waals surface area contributed by atoms with Gasteiger partial charge in [0.1, 0.15) is 0 Å². The summed E-state index contributed by atoms with van der Waals surface area (Å²) in [5.41, 5.74) is 5.12. The number of aromatic amines is 1. The lowest BCUT2D eigenvalue weighted by atomic mass is 9.89. The molecule has 1 fully saturated rings. The van der Waals surface area contributed by atoms with Gasteiger partial charge in [-0.3, -0.25) is 5.10 Å². The third-order valence-corrected chi connectivity index (χ3v) is 4.40. The van der Waals surface area contributed by atoms with Crippen molar-refractivity contribution in [2.24, 2.45) is 0 Å². The second-order valence-corrected chi connectivity index (χ2v) is 6.10. The van der Waals surface area contributed by atoms with Gasteiger partial charge in [0.2, 0.25) is 0 Å². The minimum Gasteiger partial charge on any atom is -0.317 e. The first-order chi connectivity index (χ1) is 9.25. The summed E-state index contributed by atoms with van der Waals surface area (Å²) in [6, 6.07) is 6.42. The van der Waals surface area contributed by atoms with Crippen LogP contribution < -0.4 is 5.32 Å². The van der Waals surface area contributed by atoms with Crippen molar-refractivity contribution in [2.75, 3.05) is 13.1 Å². The molecule has 2 aromatic rings. The van der Waals surface area contributed by atoms with E-state index in [0.717, 1.165) is 17.6 Å². The number of aromatic nitrogens is 2. The van der Waals surface area contributed by atoms with E-state index in [1.807, 2.05) is 6.20 Å². The summed E-state index contributed by atoms with van der Waals surface area (Å²) in [6.45, 7) is 4.35. The molecule has 1 aromatic carbocycles. The van der Waals surface area contributed by atoms with Crippen LogP contribution >= 0.6 is 15.9 Å². The average molecular weight is 320 g/mol. The SMILES string of the molecule is Cc1ccc(Br)cc1-c1cn[nH]c1C1CCNCC1. The zero-order valence-corrected chi connectivity index (χ0v) is 12.6. The Labute approximate surface area is 121 Å². The van der Waals surface area contributed by atoms with E-state index in [0.29, 0.717) is 5.92 Å². The van der Waals surface area contributed by atoms with Gasteiger partial charge in [-0.1, -0.05) is 22.0 Å². The van der Waals surface area contributed by atoms with Crippen molar-refractivity contribution in [1.29, 1.82) is 0 Å². The summed E-state index contributed by atoms with van der Waals surface area (Å²) in [6.07, 6.45) is 4.33. The van der Waals surface area contributed by atoms with Crippen molar-refractivity contribution >= 4 is 15.9 Å². The molecule has 1 aliphatic heterocycles. The molecule has 1 saturated heterocycles. The second-order valence-electron chi connectivity index (χ2n) is 5.18. The Morgan fingerprint density at radius 2 is 2.00 bits per heavy atom. The third kappa shape index (κ3) is 2.60. The van der Waals surface area contributed by atoms with E-state index in [1.165, 1.54) is 35.2 Å². The van der Waals surface area contributed by atoms with E-state index >= 15 is 0 Å². The van der Waals surface area contributed by atoms with Crippen molar-refractivity contribution in [3.8, 4) is 11.1 Å². The Morgan fingerprint density at radius 3 is 2.79 bits per heavy atom. The molecule has 0 spiro atoms. The van der Waals surface area contributed by atoms with Crippen molar-refractivity contribution in [3.63, 3.8) is 0 Å². The molecule has 0 amide bonds. The van der Waals surface area contributed by atoms with Gasteiger partial charge >= 0.3 is 0 Å². The summed E-state index contributed by atoms with van der Waals surface area (Å²) < 4.78 is 1.12. The van der Waals surface area contributed by atoms with Crippen molar-refractivity contribution in [2.45, 2.75) is 25.7 Å². The number of benzene rings is 1. The van der Waals surface area contributed by atoms with E-state index in [2.05, 4.69) is 56.6 Å². The molecule has 1 aromatic heterocycles. The molecule has 0 unspecified atom stereocenters. The van der Waals surface area contributed by atoms with E-state index in [1.54, 1.807) is 0 Å². The Hall–Kier alpha value is -1.13. The lowest BCUT2D eigenvalue weighted by molar-refractivity contribution is 0.453. The Morgan fingerprint density at radius 1 is 1.21 bits per heavy atom. The second kappa shape index (κ2) is 5.47. The molecule has 2 heterocycles. The third-order valence-electron chi connectivity index (χ3n) is 3.91. The molecule has 0 radical (unpaired) electrons. The fourth-order valence-electron chi connectivity index (χ4n) is 2.82. The van der Waals surface area contributed by atoms with Gasteiger partial charge in [0, 0.05) is 21.6 Å². The van der Waals surface area contributed by atoms with Crippen LogP contribution in [0.5, 0.6) is 0 Å². The molecule has 0 bridgehead atoms. The zero-order chi connectivity index (χ0) is 13.2. The molecule has 3 rings (SSSR count). The predicted molar refractivity (Wildman–Crippen MR) is 81.3 cm³/mol. The molecular weight excluding hydrogens is 302 g/mol. The van der Waals surface area contributed by atoms with Crippen molar-refractivity contribution in [1.82, 2.24) is 15.5 Å². The Balaban J connectivity index is 2.01. The molecule has 3 nitrogen and oxygen atoms in total. The standard InChI is InChI=1S/C15H18BrN3/c1-10-2-3-12(16)8-13(10)14-9-18-19-15(14)11-4-6-17-7-5-11/h2-3,8-9,11,17H,4-7H2,1H3,(H,18,19). The van der Waals surface area contributed by atoms with Gasteiger partial charge in [0.05, 0.1) is 6.20 Å². The summed E-state index contributed by atoms with van der Waals surface area (Å²) in [5.74, 6) is 0.595. The van der Waals surface area contributed by atoms with Crippen LogP contribution in [-0.2, 0) is 0 Å². The quantitative estimate of drug-likeness (QED) is 0.887. The molecule has 100 valence electrons. The van der Waals surface area contributed by atoms with Gasteiger partial charge in [-0.15, -0.1) is 0 Å². The predicted octanol–water partition coefficient (Wildman–Crippen LogP) is 3.61. The number of H-pyrrole nitrogens is 1. The molecule has 4 heteroatoms. The minimum absolute atomic E-state index is 0.595. The highest BCUT2D eigenvalue weighted by Gasteiger charge is 2.21. The van der Waals surface area contributed by atoms with Crippen LogP contribution in [0.1, 0.15) is 30.0 Å². The first kappa shape index (κ1) is 12.9. The highest BCUT2D eigenvalue weighted by atomic mass is 79.9. The van der Waals surface area contributed by atoms with Crippen LogP contribution in [0.3, 0.4) is 0 Å². The van der Waals surface area contributed by atoms with E-state index in [9.17, 15) is 0 Å². The number of nitrogens with zero attached hydrogens (tertiary/aromatic N) is 1. The number of aryl methyl sites for hydroxylation is 1. The summed E-state index contributed by atoms with van der Waals surface area (Å²) in [5, 5.41) is 10.9. The number of halogens is 1. The van der Waals surface area contributed by atoms with E-state index in [4.69, 9.17) is 0 Å². The van der Waals surface area contributed by atoms with Crippen LogP contribution in [0.4, 0.5) is 0 Å². The van der Waals surface area contributed by atoms with Crippen LogP contribution in [0.25, 0.3) is 11.1 Å². The first-order valence-electron chi connectivity index (χ1n) is 6.76. The van der Waals surface area contributed by atoms with Crippen LogP contribution in [-0.4, -0.2) is 23.3 Å². The Bertz CT molecular complexity index is 571. The maximum absolute atomic E-state index is 4.28. The maximum atomic E-state index is 4.28. The van der Waals surface area contributed by atoms with Gasteiger partial charge in [0.25, 0.3) is 0 Å². The van der Waals surface area contributed by atoms with Crippen molar-refractivity contribution < 1.29 is 0 Å². The molecule has 0 atom stereocenters. The largest absolute Gasteiger partial charge is 0.317 e. The van der Waals surface area contributed by atoms with E-state index < -0.39 is 0 Å². The van der Waals surface area contributed by atoms with Gasteiger partial charge in [-0.05, 0) is 56.1 Å². The fraction of sp³-hybridized carbons (Fsp3) is 0.400. The number of hydrogen-bond acceptors (Lipinski definition) is 2. The summed E-state index contributed by atoms with van der Waals surface area (Å²) >= 11 is 3.56. The number of nitrogens with one attached hydrogen (secondary N) is 2. The molecule has 1 aliphatic rings. The molecule has 0 saturated carbocycles. The topological polar surface area (TPSA) is 40.7 Å². The van der Waals surface area contributed by atoms with Crippen molar-refractivity contribution in [3.05, 3.63) is 40.1 Å². The number of hydrogen-bond donors (Lipinski definition) is 2. The maximum Gasteiger partial charge on any atom is 0.0568 e. The summed E-state index contributed by atoms with van der Waals surface area (Å²) in [7, 11) is 0. The van der Waals surface area contributed by atoms with Crippen LogP contribution in [0.2, 0.25) is 0 Å². The van der Waals surface area contributed by atoms with Gasteiger partial charge in [0.15, 0.2) is 0 Å². The minimum atomic E-state index is 0.595. The Kier molecular flexibility index (Phi) is 3.71. The number of rotatable bonds is 2. The highest BCUT2D eigenvalue weighted by Crippen LogP contribution is 2.34. The monoisotopic (exact) mass is 319 g/mol.